The maximum Gasteiger partial charge on any atom is 0.324 e. The molecular formula is C18H15N5O2S. The number of aryl methyl sites for hydroxylation is 1. The Hall–Kier alpha value is -3.26. The van der Waals surface area contributed by atoms with E-state index in [2.05, 4.69) is 25.8 Å². The summed E-state index contributed by atoms with van der Waals surface area (Å²) in [5.41, 5.74) is 1.63. The Bertz CT molecular complexity index is 1070. The van der Waals surface area contributed by atoms with Crippen molar-refractivity contribution < 1.29 is 9.21 Å². The summed E-state index contributed by atoms with van der Waals surface area (Å²) in [4.78, 5) is 16.4. The van der Waals surface area contributed by atoms with E-state index < -0.39 is 6.03 Å². The molecule has 7 nitrogen and oxygen atoms in total. The average Bonchev–Trinajstić information content (AvgIpc) is 3.29. The zero-order valence-corrected chi connectivity index (χ0v) is 14.7. The van der Waals surface area contributed by atoms with Gasteiger partial charge < -0.3 is 9.73 Å². The zero-order valence-electron chi connectivity index (χ0n) is 13.9. The minimum Gasteiger partial charge on any atom is -0.401 e. The first-order chi connectivity index (χ1) is 12.7. The summed E-state index contributed by atoms with van der Waals surface area (Å²) in [5.74, 6) is 0.277. The van der Waals surface area contributed by atoms with Gasteiger partial charge in [0, 0.05) is 11.9 Å². The molecule has 0 radical (unpaired) electrons. The van der Waals surface area contributed by atoms with Gasteiger partial charge in [0.1, 0.15) is 5.69 Å². The lowest BCUT2D eigenvalue weighted by atomic mass is 10.0. The summed E-state index contributed by atoms with van der Waals surface area (Å²) >= 11 is 1.49. The number of hydrogen-bond donors (Lipinski definition) is 2. The van der Waals surface area contributed by atoms with Gasteiger partial charge in [-0.2, -0.15) is 0 Å². The number of hydrogen-bond acceptors (Lipinski definition) is 6. The lowest BCUT2D eigenvalue weighted by Crippen LogP contribution is -2.28. The molecule has 4 aromatic rings. The van der Waals surface area contributed by atoms with E-state index in [4.69, 9.17) is 4.42 Å². The van der Waals surface area contributed by atoms with E-state index >= 15 is 0 Å². The Balaban J connectivity index is 1.40. The summed E-state index contributed by atoms with van der Waals surface area (Å²) in [6, 6.07) is 13.6. The molecule has 2 aromatic heterocycles. The number of nitrogens with one attached hydrogen (secondary N) is 2. The molecule has 26 heavy (non-hydrogen) atoms. The van der Waals surface area contributed by atoms with Gasteiger partial charge in [-0.3, -0.25) is 5.32 Å². The van der Waals surface area contributed by atoms with Crippen LogP contribution in [0.25, 0.3) is 22.4 Å². The third kappa shape index (κ3) is 3.40. The number of urea groups is 1. The van der Waals surface area contributed by atoms with Crippen molar-refractivity contribution in [1.29, 1.82) is 0 Å². The molecule has 2 heterocycles. The maximum absolute atomic E-state index is 12.1. The summed E-state index contributed by atoms with van der Waals surface area (Å²) in [7, 11) is 0. The number of carbonyl (C=O) groups is 1. The van der Waals surface area contributed by atoms with Crippen molar-refractivity contribution in [3.05, 3.63) is 58.4 Å². The highest BCUT2D eigenvalue weighted by atomic mass is 32.1. The number of aromatic nitrogens is 3. The van der Waals surface area contributed by atoms with Crippen molar-refractivity contribution in [2.75, 3.05) is 5.32 Å². The molecule has 0 aliphatic heterocycles. The lowest BCUT2D eigenvalue weighted by Gasteiger charge is -2.08. The van der Waals surface area contributed by atoms with Gasteiger partial charge in [0.25, 0.3) is 5.89 Å². The van der Waals surface area contributed by atoms with Crippen LogP contribution in [0.2, 0.25) is 0 Å². The quantitative estimate of drug-likeness (QED) is 0.571. The predicted molar refractivity (Wildman–Crippen MR) is 99.9 cm³/mol. The molecule has 130 valence electrons. The molecule has 0 fully saturated rings. The number of nitrogens with zero attached hydrogens (tertiary/aromatic N) is 3. The monoisotopic (exact) mass is 365 g/mol. The second-order valence-corrected chi connectivity index (χ2v) is 6.67. The molecule has 4 rings (SSSR count). The van der Waals surface area contributed by atoms with Crippen LogP contribution in [0.1, 0.15) is 10.6 Å². The molecular weight excluding hydrogens is 350 g/mol. The van der Waals surface area contributed by atoms with Crippen LogP contribution < -0.4 is 10.6 Å². The summed E-state index contributed by atoms with van der Waals surface area (Å²) < 4.78 is 5.43. The highest BCUT2D eigenvalue weighted by molar-refractivity contribution is 7.09. The molecule has 0 bridgehead atoms. The van der Waals surface area contributed by atoms with Crippen LogP contribution in [0.5, 0.6) is 0 Å². The average molecular weight is 365 g/mol. The van der Waals surface area contributed by atoms with Gasteiger partial charge in [0.05, 0.1) is 5.01 Å². The molecule has 0 aliphatic rings. The highest BCUT2D eigenvalue weighted by Gasteiger charge is 2.13. The first-order valence-electron chi connectivity index (χ1n) is 7.96. The van der Waals surface area contributed by atoms with E-state index in [-0.39, 0.29) is 11.9 Å². The van der Waals surface area contributed by atoms with Gasteiger partial charge in [0.15, 0.2) is 0 Å². The largest absolute Gasteiger partial charge is 0.401 e. The minimum atomic E-state index is -0.414. The van der Waals surface area contributed by atoms with E-state index in [1.165, 1.54) is 11.3 Å². The lowest BCUT2D eigenvalue weighted by molar-refractivity contribution is 0.251. The van der Waals surface area contributed by atoms with Gasteiger partial charge in [-0.1, -0.05) is 47.6 Å². The van der Waals surface area contributed by atoms with E-state index in [0.29, 0.717) is 12.2 Å². The van der Waals surface area contributed by atoms with Crippen LogP contribution >= 0.6 is 11.3 Å². The first-order valence-corrected chi connectivity index (χ1v) is 8.84. The first kappa shape index (κ1) is 16.2. The SMILES string of the molecule is Cc1nc(-c2nnc(NC(=O)NCc3cccc4ccccc34)o2)cs1. The Kier molecular flexibility index (Phi) is 4.32. The number of rotatable bonds is 4. The summed E-state index contributed by atoms with van der Waals surface area (Å²) in [6.07, 6.45) is 0. The summed E-state index contributed by atoms with van der Waals surface area (Å²) in [6.45, 7) is 2.28. The second kappa shape index (κ2) is 6.93. The van der Waals surface area contributed by atoms with Gasteiger partial charge >= 0.3 is 12.0 Å². The normalized spacial score (nSPS) is 10.8. The van der Waals surface area contributed by atoms with Gasteiger partial charge in [-0.25, -0.2) is 9.78 Å². The topological polar surface area (TPSA) is 92.9 Å². The van der Waals surface area contributed by atoms with Crippen LogP contribution in [0, 0.1) is 6.92 Å². The maximum atomic E-state index is 12.1. The Morgan fingerprint density at radius 1 is 1.15 bits per heavy atom. The van der Waals surface area contributed by atoms with Crippen molar-refractivity contribution in [1.82, 2.24) is 20.5 Å². The minimum absolute atomic E-state index is 0.0288. The molecule has 0 saturated heterocycles. The van der Waals surface area contributed by atoms with Gasteiger partial charge in [-0.15, -0.1) is 16.4 Å². The van der Waals surface area contributed by atoms with Crippen molar-refractivity contribution in [2.45, 2.75) is 13.5 Å². The van der Waals surface area contributed by atoms with Crippen LogP contribution in [0.3, 0.4) is 0 Å². The molecule has 0 saturated carbocycles. The standard InChI is InChI=1S/C18H15N5O2S/c1-11-20-15(10-26-11)16-22-23-18(25-16)21-17(24)19-9-13-7-4-6-12-5-2-3-8-14(12)13/h2-8,10H,9H2,1H3,(H2,19,21,23,24). The van der Waals surface area contributed by atoms with Crippen LogP contribution in [-0.2, 0) is 6.54 Å². The number of benzene rings is 2. The number of carbonyl (C=O) groups excluding carboxylic acids is 1. The Morgan fingerprint density at radius 3 is 2.85 bits per heavy atom. The molecule has 8 heteroatoms. The van der Waals surface area contributed by atoms with Crippen LogP contribution in [0.4, 0.5) is 10.8 Å². The Labute approximate surface area is 153 Å². The number of fused-ring (bicyclic) bond motifs is 1. The van der Waals surface area contributed by atoms with E-state index in [1.54, 1.807) is 0 Å². The van der Waals surface area contributed by atoms with Crippen LogP contribution in [0.15, 0.2) is 52.3 Å². The van der Waals surface area contributed by atoms with Gasteiger partial charge in [0.2, 0.25) is 0 Å². The molecule has 2 N–H and O–H groups in total. The number of amides is 2. The van der Waals surface area contributed by atoms with Crippen molar-refractivity contribution in [3.8, 4) is 11.6 Å². The molecule has 0 atom stereocenters. The number of anilines is 1. The molecule has 0 unspecified atom stereocenters. The van der Waals surface area contributed by atoms with Crippen LogP contribution in [-0.4, -0.2) is 21.2 Å². The third-order valence-electron chi connectivity index (χ3n) is 3.80. The molecule has 0 spiro atoms. The van der Waals surface area contributed by atoms with Crippen molar-refractivity contribution in [2.24, 2.45) is 0 Å². The molecule has 2 aromatic carbocycles. The van der Waals surface area contributed by atoms with E-state index in [9.17, 15) is 4.79 Å². The smallest absolute Gasteiger partial charge is 0.324 e. The Morgan fingerprint density at radius 2 is 2.00 bits per heavy atom. The van der Waals surface area contributed by atoms with E-state index in [0.717, 1.165) is 21.3 Å². The van der Waals surface area contributed by atoms with Crippen molar-refractivity contribution in [3.63, 3.8) is 0 Å². The molecule has 2 amide bonds. The van der Waals surface area contributed by atoms with Gasteiger partial charge in [-0.05, 0) is 23.3 Å². The highest BCUT2D eigenvalue weighted by Crippen LogP contribution is 2.21. The molecule has 0 aliphatic carbocycles. The van der Waals surface area contributed by atoms with Crippen molar-refractivity contribution >= 4 is 34.2 Å². The fourth-order valence-electron chi connectivity index (χ4n) is 2.60. The fourth-order valence-corrected chi connectivity index (χ4v) is 3.19. The zero-order chi connectivity index (χ0) is 17.9. The fraction of sp³-hybridized carbons (Fsp3) is 0.111. The summed E-state index contributed by atoms with van der Waals surface area (Å²) in [5, 5.41) is 18.0. The predicted octanol–water partition coefficient (Wildman–Crippen LogP) is 3.98. The third-order valence-corrected chi connectivity index (χ3v) is 4.58. The number of thiazole rings is 1. The second-order valence-electron chi connectivity index (χ2n) is 5.61. The van der Waals surface area contributed by atoms with E-state index in [1.807, 2.05) is 54.8 Å².